The number of hydrogen-bond acceptors (Lipinski definition) is 2. The third kappa shape index (κ3) is 4.64. The summed E-state index contributed by atoms with van der Waals surface area (Å²) in [5.74, 6) is -0.770. The Morgan fingerprint density at radius 3 is 2.20 bits per heavy atom. The molecular weight excluding hydrogens is 250 g/mol. The Morgan fingerprint density at radius 1 is 1.10 bits per heavy atom. The maximum absolute atomic E-state index is 10.7. The summed E-state index contributed by atoms with van der Waals surface area (Å²) in [4.78, 5) is 13.1. The van der Waals surface area contributed by atoms with Gasteiger partial charge in [-0.1, -0.05) is 49.9 Å². The number of rotatable bonds is 5. The van der Waals surface area contributed by atoms with Crippen LogP contribution >= 0.6 is 0 Å². The van der Waals surface area contributed by atoms with Crippen LogP contribution in [0.4, 0.5) is 0 Å². The smallest absolute Gasteiger partial charge is 0.307 e. The number of carbonyl (C=O) groups is 1. The van der Waals surface area contributed by atoms with Crippen molar-refractivity contribution in [2.45, 2.75) is 57.5 Å². The topological polar surface area (TPSA) is 40.5 Å². The standard InChI is InChI=1S/C17H25NO2/c1-18(16-6-4-2-3-5-7-16)13-15-10-8-14(9-11-15)12-17(19)20/h8-11,16H,2-7,12-13H2,1H3,(H,19,20). The summed E-state index contributed by atoms with van der Waals surface area (Å²) in [5, 5.41) is 8.77. The van der Waals surface area contributed by atoms with Gasteiger partial charge in [-0.2, -0.15) is 0 Å². The molecule has 0 amide bonds. The van der Waals surface area contributed by atoms with Gasteiger partial charge in [-0.3, -0.25) is 9.69 Å². The van der Waals surface area contributed by atoms with Crippen LogP contribution in [0.2, 0.25) is 0 Å². The van der Waals surface area contributed by atoms with E-state index in [1.54, 1.807) is 0 Å². The van der Waals surface area contributed by atoms with Gasteiger partial charge in [0.25, 0.3) is 0 Å². The highest BCUT2D eigenvalue weighted by Gasteiger charge is 2.16. The Kier molecular flexibility index (Phi) is 5.60. The van der Waals surface area contributed by atoms with Crippen LogP contribution in [0.25, 0.3) is 0 Å². The molecule has 0 aromatic heterocycles. The van der Waals surface area contributed by atoms with E-state index in [2.05, 4.69) is 24.1 Å². The Labute approximate surface area is 121 Å². The van der Waals surface area contributed by atoms with E-state index < -0.39 is 5.97 Å². The van der Waals surface area contributed by atoms with Crippen LogP contribution in [0.15, 0.2) is 24.3 Å². The molecule has 0 spiro atoms. The summed E-state index contributed by atoms with van der Waals surface area (Å²) < 4.78 is 0. The number of carboxylic acid groups (broad SMARTS) is 1. The lowest BCUT2D eigenvalue weighted by Crippen LogP contribution is -2.30. The molecule has 1 aliphatic carbocycles. The lowest BCUT2D eigenvalue weighted by Gasteiger charge is -2.27. The maximum Gasteiger partial charge on any atom is 0.307 e. The summed E-state index contributed by atoms with van der Waals surface area (Å²) in [6.07, 6.45) is 8.21. The van der Waals surface area contributed by atoms with Crippen LogP contribution in [0.5, 0.6) is 0 Å². The van der Waals surface area contributed by atoms with Crippen LogP contribution in [0.3, 0.4) is 0 Å². The highest BCUT2D eigenvalue weighted by atomic mass is 16.4. The maximum atomic E-state index is 10.7. The van der Waals surface area contributed by atoms with Crippen LogP contribution in [0.1, 0.15) is 49.7 Å². The fourth-order valence-corrected chi connectivity index (χ4v) is 3.05. The van der Waals surface area contributed by atoms with Crippen molar-refractivity contribution in [1.29, 1.82) is 0 Å². The zero-order valence-corrected chi connectivity index (χ0v) is 12.3. The number of aliphatic carboxylic acids is 1. The normalized spacial score (nSPS) is 17.1. The predicted molar refractivity (Wildman–Crippen MR) is 80.7 cm³/mol. The lowest BCUT2D eigenvalue weighted by atomic mass is 10.1. The van der Waals surface area contributed by atoms with Crippen LogP contribution in [-0.2, 0) is 17.8 Å². The van der Waals surface area contributed by atoms with E-state index in [1.165, 1.54) is 44.1 Å². The van der Waals surface area contributed by atoms with Crippen molar-refractivity contribution in [2.24, 2.45) is 0 Å². The lowest BCUT2D eigenvalue weighted by molar-refractivity contribution is -0.136. The molecule has 0 unspecified atom stereocenters. The van der Waals surface area contributed by atoms with E-state index in [1.807, 2.05) is 12.1 Å². The van der Waals surface area contributed by atoms with Crippen molar-refractivity contribution in [1.82, 2.24) is 4.90 Å². The van der Waals surface area contributed by atoms with Gasteiger partial charge in [0.2, 0.25) is 0 Å². The SMILES string of the molecule is CN(Cc1ccc(CC(=O)O)cc1)C1CCCCCC1. The predicted octanol–water partition coefficient (Wildman–Crippen LogP) is 3.47. The molecular formula is C17H25NO2. The molecule has 1 fully saturated rings. The van der Waals surface area contributed by atoms with Gasteiger partial charge < -0.3 is 5.11 Å². The molecule has 1 aliphatic rings. The molecule has 0 aliphatic heterocycles. The third-order valence-electron chi connectivity index (χ3n) is 4.26. The highest BCUT2D eigenvalue weighted by molar-refractivity contribution is 5.70. The molecule has 0 heterocycles. The zero-order valence-electron chi connectivity index (χ0n) is 12.3. The van der Waals surface area contributed by atoms with Gasteiger partial charge in [0.15, 0.2) is 0 Å². The molecule has 1 N–H and O–H groups in total. The number of nitrogens with zero attached hydrogens (tertiary/aromatic N) is 1. The molecule has 20 heavy (non-hydrogen) atoms. The first-order valence-electron chi connectivity index (χ1n) is 7.65. The first kappa shape index (κ1) is 15.0. The molecule has 0 atom stereocenters. The van der Waals surface area contributed by atoms with Crippen LogP contribution in [-0.4, -0.2) is 29.1 Å². The average molecular weight is 275 g/mol. The molecule has 1 saturated carbocycles. The van der Waals surface area contributed by atoms with Crippen molar-refractivity contribution in [3.05, 3.63) is 35.4 Å². The molecule has 0 saturated heterocycles. The van der Waals surface area contributed by atoms with Gasteiger partial charge in [-0.25, -0.2) is 0 Å². The second kappa shape index (κ2) is 7.44. The Bertz CT molecular complexity index is 419. The summed E-state index contributed by atoms with van der Waals surface area (Å²) in [5.41, 5.74) is 2.14. The van der Waals surface area contributed by atoms with E-state index in [0.29, 0.717) is 6.04 Å². The van der Waals surface area contributed by atoms with E-state index in [4.69, 9.17) is 5.11 Å². The Morgan fingerprint density at radius 2 is 1.65 bits per heavy atom. The summed E-state index contributed by atoms with van der Waals surface area (Å²) in [6.45, 7) is 0.956. The van der Waals surface area contributed by atoms with Crippen LogP contribution in [0, 0.1) is 0 Å². The molecule has 110 valence electrons. The van der Waals surface area contributed by atoms with E-state index in [9.17, 15) is 4.79 Å². The molecule has 2 rings (SSSR count). The number of benzene rings is 1. The van der Waals surface area contributed by atoms with Crippen molar-refractivity contribution < 1.29 is 9.90 Å². The molecule has 3 heteroatoms. The largest absolute Gasteiger partial charge is 0.481 e. The van der Waals surface area contributed by atoms with Gasteiger partial charge in [0.05, 0.1) is 6.42 Å². The summed E-state index contributed by atoms with van der Waals surface area (Å²) >= 11 is 0. The minimum absolute atomic E-state index is 0.110. The fraction of sp³-hybridized carbons (Fsp3) is 0.588. The van der Waals surface area contributed by atoms with Crippen molar-refractivity contribution >= 4 is 5.97 Å². The van der Waals surface area contributed by atoms with Gasteiger partial charge in [0, 0.05) is 12.6 Å². The van der Waals surface area contributed by atoms with Gasteiger partial charge in [-0.15, -0.1) is 0 Å². The third-order valence-corrected chi connectivity index (χ3v) is 4.26. The molecule has 0 radical (unpaired) electrons. The van der Waals surface area contributed by atoms with Gasteiger partial charge >= 0.3 is 5.97 Å². The number of hydrogen-bond donors (Lipinski definition) is 1. The molecule has 1 aromatic rings. The highest BCUT2D eigenvalue weighted by Crippen LogP contribution is 2.22. The summed E-state index contributed by atoms with van der Waals surface area (Å²) in [7, 11) is 2.21. The summed E-state index contributed by atoms with van der Waals surface area (Å²) in [6, 6.07) is 8.70. The first-order valence-corrected chi connectivity index (χ1v) is 7.65. The van der Waals surface area contributed by atoms with Gasteiger partial charge in [0.1, 0.15) is 0 Å². The van der Waals surface area contributed by atoms with Crippen LogP contribution < -0.4 is 0 Å². The van der Waals surface area contributed by atoms with E-state index in [-0.39, 0.29) is 6.42 Å². The average Bonchev–Trinajstić information content (AvgIpc) is 2.69. The van der Waals surface area contributed by atoms with E-state index >= 15 is 0 Å². The Hall–Kier alpha value is -1.35. The zero-order chi connectivity index (χ0) is 14.4. The van der Waals surface area contributed by atoms with Gasteiger partial charge in [-0.05, 0) is 31.0 Å². The fourth-order valence-electron chi connectivity index (χ4n) is 3.05. The van der Waals surface area contributed by atoms with Crippen molar-refractivity contribution in [3.63, 3.8) is 0 Å². The quantitative estimate of drug-likeness (QED) is 0.837. The Balaban J connectivity index is 1.89. The minimum atomic E-state index is -0.770. The first-order chi connectivity index (χ1) is 9.65. The minimum Gasteiger partial charge on any atom is -0.481 e. The second-order valence-corrected chi connectivity index (χ2v) is 5.95. The van der Waals surface area contributed by atoms with Crippen molar-refractivity contribution in [3.8, 4) is 0 Å². The van der Waals surface area contributed by atoms with Crippen molar-refractivity contribution in [2.75, 3.05) is 7.05 Å². The van der Waals surface area contributed by atoms with E-state index in [0.717, 1.165) is 12.1 Å². The molecule has 3 nitrogen and oxygen atoms in total. The second-order valence-electron chi connectivity index (χ2n) is 5.95. The monoisotopic (exact) mass is 275 g/mol. The molecule has 0 bridgehead atoms. The molecule has 1 aromatic carbocycles. The number of carboxylic acids is 1.